The highest BCUT2D eigenvalue weighted by atomic mass is 35.5. The maximum Gasteiger partial charge on any atom is 0.410 e. The molecule has 3 aliphatic rings. The quantitative estimate of drug-likeness (QED) is 0.346. The van der Waals surface area contributed by atoms with Gasteiger partial charge in [-0.2, -0.15) is 0 Å². The summed E-state index contributed by atoms with van der Waals surface area (Å²) in [6.45, 7) is 19.3. The minimum Gasteiger partial charge on any atom is -0.444 e. The van der Waals surface area contributed by atoms with Gasteiger partial charge in [-0.05, 0) is 100 Å². The van der Waals surface area contributed by atoms with Crippen molar-refractivity contribution < 1.29 is 14.3 Å². The van der Waals surface area contributed by atoms with E-state index in [-0.39, 0.29) is 11.5 Å². The SMILES string of the molecule is CN(CCN1CCN(C(=O)OC(C)(C)C)CC1)CC1(C)CCC(c2ccc(Cl)cc2)=C(CN2CCN(c3ccc(C(N)=O)cc3)CC2)C1. The third-order valence-corrected chi connectivity index (χ3v) is 10.3. The van der Waals surface area contributed by atoms with Crippen molar-refractivity contribution in [3.8, 4) is 0 Å². The Bertz CT molecular complexity index is 1420. The van der Waals surface area contributed by atoms with E-state index in [4.69, 9.17) is 22.1 Å². The first-order chi connectivity index (χ1) is 22.8. The monoisotopic (exact) mass is 678 g/mol. The predicted molar refractivity (Wildman–Crippen MR) is 196 cm³/mol. The topological polar surface area (TPSA) is 85.6 Å². The van der Waals surface area contributed by atoms with E-state index in [2.05, 4.69) is 45.7 Å². The summed E-state index contributed by atoms with van der Waals surface area (Å²) in [6.07, 6.45) is 3.10. The highest BCUT2D eigenvalue weighted by molar-refractivity contribution is 6.30. The number of carbonyl (C=O) groups is 2. The summed E-state index contributed by atoms with van der Waals surface area (Å²) in [5.74, 6) is -0.392. The summed E-state index contributed by atoms with van der Waals surface area (Å²) in [6, 6.07) is 16.0. The molecule has 1 aliphatic carbocycles. The maximum absolute atomic E-state index is 12.5. The summed E-state index contributed by atoms with van der Waals surface area (Å²) >= 11 is 6.28. The Morgan fingerprint density at radius 1 is 0.917 bits per heavy atom. The maximum atomic E-state index is 12.5. The van der Waals surface area contributed by atoms with Crippen LogP contribution in [0.15, 0.2) is 54.1 Å². The predicted octanol–water partition coefficient (Wildman–Crippen LogP) is 5.69. The van der Waals surface area contributed by atoms with Gasteiger partial charge in [-0.15, -0.1) is 0 Å². The Labute approximate surface area is 292 Å². The number of allylic oxidation sites excluding steroid dienone is 1. The highest BCUT2D eigenvalue weighted by Crippen LogP contribution is 2.43. The fraction of sp³-hybridized carbons (Fsp3) is 0.579. The van der Waals surface area contributed by atoms with E-state index < -0.39 is 11.5 Å². The molecule has 0 saturated carbocycles. The molecular formula is C38H55ClN6O3. The van der Waals surface area contributed by atoms with Crippen LogP contribution in [0.2, 0.25) is 5.02 Å². The van der Waals surface area contributed by atoms with Crippen molar-refractivity contribution in [2.24, 2.45) is 11.1 Å². The summed E-state index contributed by atoms with van der Waals surface area (Å²) in [5.41, 5.74) is 11.2. The van der Waals surface area contributed by atoms with Crippen molar-refractivity contribution in [2.75, 3.05) is 90.5 Å². The number of piperazine rings is 2. The van der Waals surface area contributed by atoms with E-state index in [1.807, 2.05) is 62.1 Å². The van der Waals surface area contributed by atoms with Crippen molar-refractivity contribution in [1.82, 2.24) is 19.6 Å². The number of primary amides is 1. The Balaban J connectivity index is 1.16. The third kappa shape index (κ3) is 9.97. The van der Waals surface area contributed by atoms with Crippen molar-refractivity contribution in [1.29, 1.82) is 0 Å². The lowest BCUT2D eigenvalue weighted by molar-refractivity contribution is 0.0137. The third-order valence-electron chi connectivity index (χ3n) is 10.0. The minimum absolute atomic E-state index is 0.194. The summed E-state index contributed by atoms with van der Waals surface area (Å²) in [5, 5.41) is 0.773. The second kappa shape index (κ2) is 15.6. The normalized spacial score (nSPS) is 21.6. The number of nitrogens with zero attached hydrogens (tertiary/aromatic N) is 5. The molecule has 0 spiro atoms. The Kier molecular flexibility index (Phi) is 11.8. The number of benzene rings is 2. The van der Waals surface area contributed by atoms with Crippen LogP contribution < -0.4 is 10.6 Å². The number of amides is 2. The first-order valence-corrected chi connectivity index (χ1v) is 17.9. The summed E-state index contributed by atoms with van der Waals surface area (Å²) < 4.78 is 5.57. The molecule has 262 valence electrons. The second-order valence-electron chi connectivity index (χ2n) is 15.3. The number of halogens is 1. The van der Waals surface area contributed by atoms with Crippen molar-refractivity contribution in [3.05, 3.63) is 70.3 Å². The molecule has 48 heavy (non-hydrogen) atoms. The summed E-state index contributed by atoms with van der Waals surface area (Å²) in [7, 11) is 2.26. The molecule has 2 aliphatic heterocycles. The van der Waals surface area contributed by atoms with Gasteiger partial charge in [0.2, 0.25) is 5.91 Å². The Hall–Kier alpha value is -3.11. The van der Waals surface area contributed by atoms with Crippen LogP contribution in [-0.4, -0.2) is 123 Å². The van der Waals surface area contributed by atoms with Crippen molar-refractivity contribution in [3.63, 3.8) is 0 Å². The van der Waals surface area contributed by atoms with Crippen LogP contribution in [0.25, 0.3) is 5.57 Å². The van der Waals surface area contributed by atoms with Crippen LogP contribution in [0.1, 0.15) is 62.9 Å². The number of nitrogens with two attached hydrogens (primary N) is 1. The van der Waals surface area contributed by atoms with Gasteiger partial charge in [-0.25, -0.2) is 4.79 Å². The number of rotatable bonds is 10. The van der Waals surface area contributed by atoms with E-state index in [9.17, 15) is 9.59 Å². The molecule has 0 aromatic heterocycles. The van der Waals surface area contributed by atoms with Gasteiger partial charge in [-0.1, -0.05) is 36.2 Å². The van der Waals surface area contributed by atoms with Gasteiger partial charge >= 0.3 is 6.09 Å². The van der Waals surface area contributed by atoms with Crippen LogP contribution in [0, 0.1) is 5.41 Å². The van der Waals surface area contributed by atoms with Crippen LogP contribution in [0.4, 0.5) is 10.5 Å². The number of carbonyl (C=O) groups excluding carboxylic acids is 2. The zero-order valence-electron chi connectivity index (χ0n) is 29.6. The van der Waals surface area contributed by atoms with Crippen molar-refractivity contribution >= 4 is 34.9 Å². The van der Waals surface area contributed by atoms with E-state index in [1.54, 1.807) is 5.57 Å². The van der Waals surface area contributed by atoms with E-state index in [0.29, 0.717) is 18.7 Å². The lowest BCUT2D eigenvalue weighted by Crippen LogP contribution is -2.51. The molecule has 2 saturated heterocycles. The van der Waals surface area contributed by atoms with Crippen LogP contribution in [0.3, 0.4) is 0 Å². The highest BCUT2D eigenvalue weighted by Gasteiger charge is 2.34. The van der Waals surface area contributed by atoms with Gasteiger partial charge in [0.15, 0.2) is 0 Å². The minimum atomic E-state index is -0.464. The smallest absolute Gasteiger partial charge is 0.410 e. The number of anilines is 1. The van der Waals surface area contributed by atoms with E-state index in [0.717, 1.165) is 95.4 Å². The molecule has 0 radical (unpaired) electrons. The van der Waals surface area contributed by atoms with Gasteiger partial charge in [0.05, 0.1) is 0 Å². The van der Waals surface area contributed by atoms with Crippen LogP contribution in [-0.2, 0) is 4.74 Å². The standard InChI is InChI=1S/C38H55ClN6O3/c1-37(2,3)48-36(47)45-24-18-42(19-25-45)17-16-41(5)28-38(4)15-14-34(29-6-10-32(39)11-7-29)31(26-38)27-43-20-22-44(23-21-43)33-12-8-30(9-13-33)35(40)46/h6-13H,14-28H2,1-5H3,(H2,40,46). The fourth-order valence-electron chi connectivity index (χ4n) is 7.39. The molecule has 2 aromatic rings. The molecule has 1 unspecified atom stereocenters. The van der Waals surface area contributed by atoms with Gasteiger partial charge < -0.3 is 25.2 Å². The van der Waals surface area contributed by atoms with Gasteiger partial charge in [0, 0.05) is 94.8 Å². The number of hydrogen-bond acceptors (Lipinski definition) is 7. The molecule has 2 amide bonds. The lowest BCUT2D eigenvalue weighted by Gasteiger charge is -2.42. The molecule has 2 aromatic carbocycles. The molecule has 2 fully saturated rings. The van der Waals surface area contributed by atoms with Gasteiger partial charge in [0.1, 0.15) is 5.60 Å². The van der Waals surface area contributed by atoms with Gasteiger partial charge in [-0.3, -0.25) is 14.6 Å². The number of hydrogen-bond donors (Lipinski definition) is 1. The number of ether oxygens (including phenoxy) is 1. The van der Waals surface area contributed by atoms with E-state index in [1.165, 1.54) is 11.1 Å². The zero-order chi connectivity index (χ0) is 34.5. The van der Waals surface area contributed by atoms with Crippen LogP contribution in [0.5, 0.6) is 0 Å². The first kappa shape index (κ1) is 36.2. The molecule has 1 atom stereocenters. The molecule has 9 nitrogen and oxygen atoms in total. The molecule has 10 heteroatoms. The van der Waals surface area contributed by atoms with Crippen LogP contribution >= 0.6 is 11.6 Å². The van der Waals surface area contributed by atoms with E-state index >= 15 is 0 Å². The fourth-order valence-corrected chi connectivity index (χ4v) is 7.52. The molecule has 5 rings (SSSR count). The first-order valence-electron chi connectivity index (χ1n) is 17.5. The molecule has 2 N–H and O–H groups in total. The zero-order valence-corrected chi connectivity index (χ0v) is 30.4. The van der Waals surface area contributed by atoms with Gasteiger partial charge in [0.25, 0.3) is 0 Å². The largest absolute Gasteiger partial charge is 0.444 e. The molecule has 2 heterocycles. The average Bonchev–Trinajstić information content (AvgIpc) is 3.04. The Morgan fingerprint density at radius 2 is 1.54 bits per heavy atom. The second-order valence-corrected chi connectivity index (χ2v) is 15.7. The molecule has 0 bridgehead atoms. The number of likely N-dealkylation sites (N-methyl/N-ethyl adjacent to an activating group) is 1. The average molecular weight is 679 g/mol. The Morgan fingerprint density at radius 3 is 2.15 bits per heavy atom. The molecular weight excluding hydrogens is 624 g/mol. The summed E-state index contributed by atoms with van der Waals surface area (Å²) in [4.78, 5) is 35.8. The lowest BCUT2D eigenvalue weighted by atomic mass is 9.71. The van der Waals surface area contributed by atoms with Crippen molar-refractivity contribution in [2.45, 2.75) is 52.6 Å².